The van der Waals surface area contributed by atoms with Crippen LogP contribution in [0.1, 0.15) is 16.8 Å². The summed E-state index contributed by atoms with van der Waals surface area (Å²) in [5.74, 6) is 1.75. The third kappa shape index (κ3) is 3.90. The summed E-state index contributed by atoms with van der Waals surface area (Å²) in [7, 11) is 4.00. The van der Waals surface area contributed by atoms with Crippen LogP contribution < -0.4 is 10.6 Å². The van der Waals surface area contributed by atoms with Crippen molar-refractivity contribution in [3.63, 3.8) is 0 Å². The Kier molecular flexibility index (Phi) is 4.73. The third-order valence-electron chi connectivity index (χ3n) is 4.86. The number of aromatic nitrogens is 3. The van der Waals surface area contributed by atoms with Gasteiger partial charge >= 0.3 is 0 Å². The van der Waals surface area contributed by atoms with Gasteiger partial charge < -0.3 is 10.6 Å². The predicted molar refractivity (Wildman–Crippen MR) is 108 cm³/mol. The number of pyridine rings is 1. The standard InChI is InChI=1S/C21H24N6/c1-26(2)20-8-3-15(11-23-20)13-27-10-9-19-17(14-27)12-24-21(25-19)16-4-6-18(22)7-5-16/h3-8,11-12H,9-10,13-14,22H2,1-2H3. The number of rotatable bonds is 4. The maximum atomic E-state index is 5.76. The van der Waals surface area contributed by atoms with Gasteiger partial charge in [0.15, 0.2) is 5.82 Å². The lowest BCUT2D eigenvalue weighted by molar-refractivity contribution is 0.242. The maximum absolute atomic E-state index is 5.76. The Morgan fingerprint density at radius 1 is 1.04 bits per heavy atom. The molecule has 0 saturated carbocycles. The normalized spacial score (nSPS) is 14.0. The van der Waals surface area contributed by atoms with Gasteiger partial charge in [-0.2, -0.15) is 0 Å². The molecule has 0 radical (unpaired) electrons. The second-order valence-electron chi connectivity index (χ2n) is 7.17. The fourth-order valence-electron chi connectivity index (χ4n) is 3.31. The van der Waals surface area contributed by atoms with Gasteiger partial charge in [0.1, 0.15) is 5.82 Å². The minimum Gasteiger partial charge on any atom is -0.399 e. The van der Waals surface area contributed by atoms with Crippen LogP contribution in [0.15, 0.2) is 48.8 Å². The van der Waals surface area contributed by atoms with Crippen LogP contribution in [0.5, 0.6) is 0 Å². The molecule has 0 amide bonds. The number of benzene rings is 1. The Balaban J connectivity index is 1.46. The molecule has 3 aromatic rings. The molecule has 0 spiro atoms. The molecular formula is C21H24N6. The van der Waals surface area contributed by atoms with Gasteiger partial charge in [-0.1, -0.05) is 6.07 Å². The van der Waals surface area contributed by atoms with E-state index in [2.05, 4.69) is 27.0 Å². The third-order valence-corrected chi connectivity index (χ3v) is 4.86. The highest BCUT2D eigenvalue weighted by Crippen LogP contribution is 2.23. The van der Waals surface area contributed by atoms with Crippen LogP contribution in [-0.4, -0.2) is 40.5 Å². The van der Waals surface area contributed by atoms with Crippen molar-refractivity contribution in [1.82, 2.24) is 19.9 Å². The van der Waals surface area contributed by atoms with E-state index in [4.69, 9.17) is 10.7 Å². The van der Waals surface area contributed by atoms with E-state index >= 15 is 0 Å². The fraction of sp³-hybridized carbons (Fsp3) is 0.286. The van der Waals surface area contributed by atoms with E-state index in [0.717, 1.165) is 54.6 Å². The minimum absolute atomic E-state index is 0.750. The Morgan fingerprint density at radius 3 is 2.56 bits per heavy atom. The monoisotopic (exact) mass is 360 g/mol. The van der Waals surface area contributed by atoms with Crippen molar-refractivity contribution in [2.24, 2.45) is 0 Å². The summed E-state index contributed by atoms with van der Waals surface area (Å²) >= 11 is 0. The average molecular weight is 360 g/mol. The number of fused-ring (bicyclic) bond motifs is 1. The van der Waals surface area contributed by atoms with Gasteiger partial charge in [-0.3, -0.25) is 4.90 Å². The van der Waals surface area contributed by atoms with Gasteiger partial charge in [-0.05, 0) is 35.9 Å². The van der Waals surface area contributed by atoms with Crippen molar-refractivity contribution >= 4 is 11.5 Å². The first-order valence-electron chi connectivity index (χ1n) is 9.14. The molecule has 0 fully saturated rings. The minimum atomic E-state index is 0.750. The lowest BCUT2D eigenvalue weighted by Gasteiger charge is -2.28. The van der Waals surface area contributed by atoms with Crippen LogP contribution in [0.2, 0.25) is 0 Å². The van der Waals surface area contributed by atoms with Crippen LogP contribution in [0, 0.1) is 0 Å². The first-order valence-corrected chi connectivity index (χ1v) is 9.14. The first-order chi connectivity index (χ1) is 13.1. The molecule has 1 aliphatic heterocycles. The molecule has 0 saturated heterocycles. The Morgan fingerprint density at radius 2 is 1.85 bits per heavy atom. The van der Waals surface area contributed by atoms with Crippen molar-refractivity contribution in [1.29, 1.82) is 0 Å². The molecule has 1 aromatic carbocycles. The molecule has 0 aliphatic carbocycles. The van der Waals surface area contributed by atoms with Gasteiger partial charge in [0, 0.05) is 69.4 Å². The molecule has 0 bridgehead atoms. The molecule has 27 heavy (non-hydrogen) atoms. The summed E-state index contributed by atoms with van der Waals surface area (Å²) in [6.07, 6.45) is 4.86. The summed E-state index contributed by atoms with van der Waals surface area (Å²) in [5, 5.41) is 0. The summed E-state index contributed by atoms with van der Waals surface area (Å²) in [4.78, 5) is 18.3. The molecule has 0 unspecified atom stereocenters. The second-order valence-corrected chi connectivity index (χ2v) is 7.17. The zero-order chi connectivity index (χ0) is 18.8. The van der Waals surface area contributed by atoms with Crippen LogP contribution in [0.3, 0.4) is 0 Å². The van der Waals surface area contributed by atoms with Crippen LogP contribution >= 0.6 is 0 Å². The summed E-state index contributed by atoms with van der Waals surface area (Å²) in [6.45, 7) is 2.74. The van der Waals surface area contributed by atoms with Gasteiger partial charge in [-0.25, -0.2) is 15.0 Å². The van der Waals surface area contributed by atoms with E-state index < -0.39 is 0 Å². The smallest absolute Gasteiger partial charge is 0.159 e. The van der Waals surface area contributed by atoms with Crippen LogP contribution in [-0.2, 0) is 19.5 Å². The van der Waals surface area contributed by atoms with E-state index in [9.17, 15) is 0 Å². The van der Waals surface area contributed by atoms with E-state index in [1.54, 1.807) is 0 Å². The predicted octanol–water partition coefficient (Wildman–Crippen LogP) is 2.75. The van der Waals surface area contributed by atoms with Crippen molar-refractivity contribution in [2.45, 2.75) is 19.5 Å². The van der Waals surface area contributed by atoms with E-state index in [0.29, 0.717) is 0 Å². The Hall–Kier alpha value is -2.99. The van der Waals surface area contributed by atoms with Crippen molar-refractivity contribution in [3.05, 3.63) is 65.6 Å². The maximum Gasteiger partial charge on any atom is 0.159 e. The number of nitrogens with two attached hydrogens (primary N) is 1. The number of nitrogens with zero attached hydrogens (tertiary/aromatic N) is 5. The average Bonchev–Trinajstić information content (AvgIpc) is 2.68. The van der Waals surface area contributed by atoms with Crippen LogP contribution in [0.25, 0.3) is 11.4 Å². The molecule has 6 nitrogen and oxygen atoms in total. The zero-order valence-corrected chi connectivity index (χ0v) is 15.8. The van der Waals surface area contributed by atoms with E-state index in [-0.39, 0.29) is 0 Å². The van der Waals surface area contributed by atoms with Gasteiger partial charge in [0.25, 0.3) is 0 Å². The highest BCUT2D eigenvalue weighted by atomic mass is 15.1. The highest BCUT2D eigenvalue weighted by molar-refractivity contribution is 5.58. The SMILES string of the molecule is CN(C)c1ccc(CN2CCc3nc(-c4ccc(N)cc4)ncc3C2)cn1. The first kappa shape index (κ1) is 17.4. The molecule has 6 heteroatoms. The number of hydrogen-bond acceptors (Lipinski definition) is 6. The fourth-order valence-corrected chi connectivity index (χ4v) is 3.31. The summed E-state index contributed by atoms with van der Waals surface area (Å²) < 4.78 is 0. The van der Waals surface area contributed by atoms with Gasteiger partial charge in [0.05, 0.1) is 5.69 Å². The van der Waals surface area contributed by atoms with Crippen molar-refractivity contribution in [3.8, 4) is 11.4 Å². The molecular weight excluding hydrogens is 336 g/mol. The lowest BCUT2D eigenvalue weighted by Crippen LogP contribution is -2.31. The molecule has 2 aromatic heterocycles. The topological polar surface area (TPSA) is 71.2 Å². The summed E-state index contributed by atoms with van der Waals surface area (Å²) in [5.41, 5.74) is 11.1. The number of anilines is 2. The highest BCUT2D eigenvalue weighted by Gasteiger charge is 2.19. The Bertz CT molecular complexity index is 918. The van der Waals surface area contributed by atoms with Crippen molar-refractivity contribution < 1.29 is 0 Å². The Labute approximate surface area is 159 Å². The second kappa shape index (κ2) is 7.32. The quantitative estimate of drug-likeness (QED) is 0.722. The van der Waals surface area contributed by atoms with E-state index in [1.807, 2.05) is 55.7 Å². The zero-order valence-electron chi connectivity index (χ0n) is 15.8. The molecule has 1 aliphatic rings. The van der Waals surface area contributed by atoms with Gasteiger partial charge in [-0.15, -0.1) is 0 Å². The van der Waals surface area contributed by atoms with Crippen LogP contribution in [0.4, 0.5) is 11.5 Å². The molecule has 0 atom stereocenters. The van der Waals surface area contributed by atoms with Crippen molar-refractivity contribution in [2.75, 3.05) is 31.3 Å². The summed E-state index contributed by atoms with van der Waals surface area (Å²) in [6, 6.07) is 11.9. The van der Waals surface area contributed by atoms with E-state index in [1.165, 1.54) is 11.1 Å². The largest absolute Gasteiger partial charge is 0.399 e. The molecule has 4 rings (SSSR count). The van der Waals surface area contributed by atoms with Gasteiger partial charge in [0.2, 0.25) is 0 Å². The molecule has 2 N–H and O–H groups in total. The number of hydrogen-bond donors (Lipinski definition) is 1. The molecule has 138 valence electrons. The molecule has 3 heterocycles. The number of nitrogen functional groups attached to an aromatic ring is 1. The lowest BCUT2D eigenvalue weighted by atomic mass is 10.1.